The van der Waals surface area contributed by atoms with Crippen molar-refractivity contribution < 1.29 is 4.79 Å². The molecule has 0 aliphatic heterocycles. The molecule has 1 aromatic rings. The number of allylic oxidation sites excluding steroid dienone is 2. The summed E-state index contributed by atoms with van der Waals surface area (Å²) in [5.74, 6) is 0. The van der Waals surface area contributed by atoms with Gasteiger partial charge in [-0.05, 0) is 23.4 Å². The number of rotatable bonds is 2. The first-order chi connectivity index (χ1) is 6.27. The van der Waals surface area contributed by atoms with Gasteiger partial charge in [-0.25, -0.2) is 0 Å². The van der Waals surface area contributed by atoms with Crippen LogP contribution in [0.1, 0.15) is 6.92 Å². The summed E-state index contributed by atoms with van der Waals surface area (Å²) in [6, 6.07) is 7.72. The van der Waals surface area contributed by atoms with E-state index in [-0.39, 0.29) is 0 Å². The van der Waals surface area contributed by atoms with Gasteiger partial charge < -0.3 is 0 Å². The van der Waals surface area contributed by atoms with Crippen LogP contribution in [-0.2, 0) is 4.79 Å². The largest absolute Gasteiger partial charge is 0.298 e. The van der Waals surface area contributed by atoms with Crippen LogP contribution in [0.5, 0.6) is 0 Å². The van der Waals surface area contributed by atoms with Crippen LogP contribution in [0.4, 0.5) is 0 Å². The van der Waals surface area contributed by atoms with Crippen LogP contribution in [-0.4, -0.2) is 6.29 Å². The quantitative estimate of drug-likeness (QED) is 0.481. The average molecular weight is 172 g/mol. The molecule has 0 spiro atoms. The van der Waals surface area contributed by atoms with Gasteiger partial charge in [0.1, 0.15) is 6.29 Å². The van der Waals surface area contributed by atoms with Gasteiger partial charge in [-0.3, -0.25) is 4.79 Å². The van der Waals surface area contributed by atoms with E-state index in [1.54, 1.807) is 6.08 Å². The Labute approximate surface area is 77.7 Å². The molecule has 0 N–H and O–H groups in total. The lowest BCUT2D eigenvalue weighted by molar-refractivity contribution is -0.104. The highest BCUT2D eigenvalue weighted by atomic mass is 16.1. The Kier molecular flexibility index (Phi) is 3.21. The lowest BCUT2D eigenvalue weighted by atomic mass is 10.2. The van der Waals surface area contributed by atoms with Gasteiger partial charge in [-0.1, -0.05) is 36.9 Å². The molecule has 1 nitrogen and oxygen atoms in total. The summed E-state index contributed by atoms with van der Waals surface area (Å²) in [4.78, 5) is 10.5. The zero-order valence-corrected chi connectivity index (χ0v) is 7.66. The zero-order chi connectivity index (χ0) is 9.68. The van der Waals surface area contributed by atoms with E-state index in [1.807, 2.05) is 37.3 Å². The topological polar surface area (TPSA) is 17.1 Å². The number of benzene rings is 1. The Hall–Kier alpha value is -1.63. The Balaban J connectivity index is 3.30. The summed E-state index contributed by atoms with van der Waals surface area (Å²) in [6.07, 6.45) is 4.45. The molecule has 0 aliphatic rings. The molecule has 1 heteroatoms. The molecule has 66 valence electrons. The maximum absolute atomic E-state index is 10.5. The zero-order valence-electron chi connectivity index (χ0n) is 7.66. The van der Waals surface area contributed by atoms with Gasteiger partial charge in [0.15, 0.2) is 0 Å². The second-order valence-electron chi connectivity index (χ2n) is 2.75. The average Bonchev–Trinajstić information content (AvgIpc) is 2.17. The molecular formula is C12H12O. The molecule has 0 radical (unpaired) electrons. The molecule has 0 amide bonds. The fourth-order valence-corrected chi connectivity index (χ4v) is 1.04. The molecule has 0 fully saturated rings. The number of hydrogen-bond acceptors (Lipinski definition) is 1. The maximum Gasteiger partial charge on any atom is 0.149 e. The van der Waals surface area contributed by atoms with E-state index in [4.69, 9.17) is 0 Å². The first-order valence-electron chi connectivity index (χ1n) is 4.15. The second kappa shape index (κ2) is 4.41. The van der Waals surface area contributed by atoms with Crippen molar-refractivity contribution in [3.8, 4) is 0 Å². The van der Waals surface area contributed by atoms with E-state index in [0.29, 0.717) is 5.57 Å². The highest BCUT2D eigenvalue weighted by Gasteiger charge is 1.86. The van der Waals surface area contributed by atoms with Crippen molar-refractivity contribution in [3.63, 3.8) is 0 Å². The monoisotopic (exact) mass is 172 g/mol. The number of carbonyl (C=O) groups excluding carboxylic acids is 1. The van der Waals surface area contributed by atoms with Gasteiger partial charge in [0.05, 0.1) is 0 Å². The highest BCUT2D eigenvalue weighted by molar-refractivity contribution is 5.85. The Morgan fingerprint density at radius 1 is 1.38 bits per heavy atom. The molecule has 13 heavy (non-hydrogen) atoms. The number of hydrogen-bond donors (Lipinski definition) is 0. The molecular weight excluding hydrogens is 160 g/mol. The molecule has 0 aromatic heterocycles. The van der Waals surface area contributed by atoms with Crippen molar-refractivity contribution in [1.82, 2.24) is 0 Å². The second-order valence-corrected chi connectivity index (χ2v) is 2.75. The summed E-state index contributed by atoms with van der Waals surface area (Å²) in [5.41, 5.74) is 0.677. The van der Waals surface area contributed by atoms with E-state index in [2.05, 4.69) is 6.58 Å². The van der Waals surface area contributed by atoms with E-state index in [0.717, 1.165) is 16.7 Å². The summed E-state index contributed by atoms with van der Waals surface area (Å²) in [5, 5.41) is 1.92. The third kappa shape index (κ3) is 2.41. The van der Waals surface area contributed by atoms with Gasteiger partial charge in [-0.2, -0.15) is 0 Å². The summed E-state index contributed by atoms with van der Waals surface area (Å²) in [7, 11) is 0. The Bertz CT molecular complexity index is 427. The minimum atomic E-state index is 0.677. The van der Waals surface area contributed by atoms with Gasteiger partial charge in [-0.15, -0.1) is 0 Å². The van der Waals surface area contributed by atoms with Crippen LogP contribution < -0.4 is 10.4 Å². The van der Waals surface area contributed by atoms with Crippen molar-refractivity contribution in [1.29, 1.82) is 0 Å². The van der Waals surface area contributed by atoms with Gasteiger partial charge in [0.2, 0.25) is 0 Å². The minimum absolute atomic E-state index is 0.677. The molecule has 0 saturated heterocycles. The van der Waals surface area contributed by atoms with E-state index in [1.165, 1.54) is 0 Å². The van der Waals surface area contributed by atoms with Crippen molar-refractivity contribution in [2.24, 2.45) is 0 Å². The predicted octanol–water partition coefficient (Wildman–Crippen LogP) is 1.02. The van der Waals surface area contributed by atoms with Crippen LogP contribution in [0.2, 0.25) is 0 Å². The normalized spacial score (nSPS) is 13.0. The third-order valence-corrected chi connectivity index (χ3v) is 1.85. The molecule has 1 rings (SSSR count). The fraction of sp³-hybridized carbons (Fsp3) is 0.0833. The SMILES string of the molecule is C=c1cccc/c1=C/C(C=O)=CC. The molecule has 0 bridgehead atoms. The van der Waals surface area contributed by atoms with Crippen LogP contribution in [0.15, 0.2) is 35.9 Å². The van der Waals surface area contributed by atoms with Crippen molar-refractivity contribution in [2.45, 2.75) is 6.92 Å². The first kappa shape index (κ1) is 9.46. The van der Waals surface area contributed by atoms with Crippen molar-refractivity contribution in [3.05, 3.63) is 46.4 Å². The van der Waals surface area contributed by atoms with E-state index >= 15 is 0 Å². The van der Waals surface area contributed by atoms with Crippen molar-refractivity contribution >= 4 is 18.9 Å². The van der Waals surface area contributed by atoms with Gasteiger partial charge in [0.25, 0.3) is 0 Å². The molecule has 1 aromatic carbocycles. The van der Waals surface area contributed by atoms with Crippen LogP contribution in [0, 0.1) is 0 Å². The molecule has 0 atom stereocenters. The standard InChI is InChI=1S/C12H12O/c1-3-11(9-13)8-12-7-5-4-6-10(12)2/h3-9H,2H2,1H3/b11-3?,12-8-. The van der Waals surface area contributed by atoms with Gasteiger partial charge >= 0.3 is 0 Å². The van der Waals surface area contributed by atoms with Crippen LogP contribution in [0.3, 0.4) is 0 Å². The van der Waals surface area contributed by atoms with Crippen LogP contribution >= 0.6 is 0 Å². The maximum atomic E-state index is 10.5. The Morgan fingerprint density at radius 2 is 2.08 bits per heavy atom. The fourth-order valence-electron chi connectivity index (χ4n) is 1.04. The minimum Gasteiger partial charge on any atom is -0.298 e. The lowest BCUT2D eigenvalue weighted by Crippen LogP contribution is -2.22. The number of carbonyl (C=O) groups is 1. The molecule has 0 aliphatic carbocycles. The van der Waals surface area contributed by atoms with Crippen molar-refractivity contribution in [2.75, 3.05) is 0 Å². The molecule has 0 heterocycles. The van der Waals surface area contributed by atoms with Crippen LogP contribution in [0.25, 0.3) is 12.7 Å². The predicted molar refractivity (Wildman–Crippen MR) is 55.5 cm³/mol. The van der Waals surface area contributed by atoms with E-state index < -0.39 is 0 Å². The Morgan fingerprint density at radius 3 is 2.62 bits per heavy atom. The lowest BCUT2D eigenvalue weighted by Gasteiger charge is -1.89. The highest BCUT2D eigenvalue weighted by Crippen LogP contribution is 1.88. The summed E-state index contributed by atoms with van der Waals surface area (Å²) >= 11 is 0. The summed E-state index contributed by atoms with van der Waals surface area (Å²) in [6.45, 7) is 5.71. The third-order valence-electron chi connectivity index (χ3n) is 1.85. The van der Waals surface area contributed by atoms with E-state index in [9.17, 15) is 4.79 Å². The number of aldehydes is 1. The summed E-state index contributed by atoms with van der Waals surface area (Å²) < 4.78 is 0. The van der Waals surface area contributed by atoms with Gasteiger partial charge in [0, 0.05) is 5.57 Å². The molecule has 0 saturated carbocycles. The first-order valence-corrected chi connectivity index (χ1v) is 4.15. The molecule has 0 unspecified atom stereocenters. The smallest absolute Gasteiger partial charge is 0.149 e.